The summed E-state index contributed by atoms with van der Waals surface area (Å²) in [5.74, 6) is 1.86. The Balaban J connectivity index is 1.99. The largest absolute Gasteiger partial charge is 0.496 e. The van der Waals surface area contributed by atoms with E-state index in [0.717, 1.165) is 5.56 Å². The molecule has 0 aliphatic rings. The Labute approximate surface area is 147 Å². The monoisotopic (exact) mass is 345 g/mol. The number of ether oxygens (including phenoxy) is 3. The van der Waals surface area contributed by atoms with Crippen LogP contribution in [-0.4, -0.2) is 43.8 Å². The minimum atomic E-state index is -0.788. The number of carboxylic acids is 1. The van der Waals surface area contributed by atoms with Gasteiger partial charge in [0.05, 0.1) is 20.6 Å². The van der Waals surface area contributed by atoms with Gasteiger partial charge in [-0.25, -0.2) is 0 Å². The van der Waals surface area contributed by atoms with Crippen molar-refractivity contribution in [1.29, 1.82) is 0 Å². The van der Waals surface area contributed by atoms with Crippen LogP contribution >= 0.6 is 0 Å². The Kier molecular flexibility index (Phi) is 6.65. The van der Waals surface area contributed by atoms with E-state index in [0.29, 0.717) is 36.1 Å². The number of methoxy groups -OCH3 is 2. The molecule has 0 unspecified atom stereocenters. The van der Waals surface area contributed by atoms with Gasteiger partial charge < -0.3 is 24.2 Å². The summed E-state index contributed by atoms with van der Waals surface area (Å²) < 4.78 is 16.3. The predicted octanol–water partition coefficient (Wildman–Crippen LogP) is 3.40. The van der Waals surface area contributed by atoms with Gasteiger partial charge in [0.15, 0.2) is 0 Å². The van der Waals surface area contributed by atoms with Gasteiger partial charge in [-0.3, -0.25) is 4.79 Å². The molecule has 6 heteroatoms. The molecule has 1 N–H and O–H groups in total. The van der Waals surface area contributed by atoms with Gasteiger partial charge >= 0.3 is 5.97 Å². The first-order valence-electron chi connectivity index (χ1n) is 7.90. The van der Waals surface area contributed by atoms with Crippen molar-refractivity contribution < 1.29 is 24.1 Å². The van der Waals surface area contributed by atoms with Crippen LogP contribution < -0.4 is 14.2 Å². The van der Waals surface area contributed by atoms with Crippen LogP contribution in [0.25, 0.3) is 0 Å². The van der Waals surface area contributed by atoms with E-state index in [1.165, 1.54) is 0 Å². The fraction of sp³-hybridized carbons (Fsp3) is 0.316. The van der Waals surface area contributed by atoms with E-state index >= 15 is 0 Å². The van der Waals surface area contributed by atoms with Crippen molar-refractivity contribution in [3.8, 4) is 23.0 Å². The maximum Gasteiger partial charge on any atom is 0.304 e. The molecule has 6 nitrogen and oxygen atoms in total. The van der Waals surface area contributed by atoms with E-state index in [9.17, 15) is 4.79 Å². The van der Waals surface area contributed by atoms with Gasteiger partial charge in [-0.2, -0.15) is 0 Å². The second kappa shape index (κ2) is 8.94. The molecule has 2 aromatic rings. The van der Waals surface area contributed by atoms with Crippen molar-refractivity contribution in [3.63, 3.8) is 0 Å². The number of rotatable bonds is 9. The first-order chi connectivity index (χ1) is 12.0. The molecule has 0 amide bonds. The zero-order chi connectivity index (χ0) is 18.2. The lowest BCUT2D eigenvalue weighted by Gasteiger charge is -2.16. The summed E-state index contributed by atoms with van der Waals surface area (Å²) in [5.41, 5.74) is 1.09. The molecule has 0 radical (unpaired) electrons. The molecule has 0 saturated carbocycles. The molecule has 25 heavy (non-hydrogen) atoms. The normalized spacial score (nSPS) is 10.6. The quantitative estimate of drug-likeness (QED) is 0.751. The van der Waals surface area contributed by atoms with Crippen LogP contribution in [0.15, 0.2) is 42.5 Å². The van der Waals surface area contributed by atoms with Crippen LogP contribution in [0.4, 0.5) is 0 Å². The summed E-state index contributed by atoms with van der Waals surface area (Å²) in [6.45, 7) is 1.19. The first-order valence-corrected chi connectivity index (χ1v) is 7.90. The van der Waals surface area contributed by atoms with Crippen molar-refractivity contribution in [2.45, 2.75) is 13.0 Å². The molecule has 0 heterocycles. The van der Waals surface area contributed by atoms with Gasteiger partial charge in [0.1, 0.15) is 23.0 Å². The number of carboxylic acid groups (broad SMARTS) is 1. The maximum absolute atomic E-state index is 10.6. The number of carbonyl (C=O) groups is 1. The van der Waals surface area contributed by atoms with Crippen LogP contribution in [0.2, 0.25) is 0 Å². The first kappa shape index (κ1) is 18.6. The second-order valence-corrected chi connectivity index (χ2v) is 5.68. The minimum absolute atomic E-state index is 0.134. The molecule has 0 spiro atoms. The van der Waals surface area contributed by atoms with Crippen molar-refractivity contribution in [3.05, 3.63) is 48.0 Å². The molecule has 0 bridgehead atoms. The molecule has 0 atom stereocenters. The summed E-state index contributed by atoms with van der Waals surface area (Å²) in [6, 6.07) is 13.0. The fourth-order valence-electron chi connectivity index (χ4n) is 2.32. The molecular formula is C19H23NO5. The van der Waals surface area contributed by atoms with Crippen molar-refractivity contribution >= 4 is 5.97 Å². The van der Waals surface area contributed by atoms with Gasteiger partial charge in [0.2, 0.25) is 0 Å². The summed E-state index contributed by atoms with van der Waals surface area (Å²) in [5, 5.41) is 8.72. The van der Waals surface area contributed by atoms with Gasteiger partial charge in [0.25, 0.3) is 0 Å². The summed E-state index contributed by atoms with van der Waals surface area (Å²) in [6.07, 6.45) is 0.134. The highest BCUT2D eigenvalue weighted by molar-refractivity contribution is 5.66. The Bertz CT molecular complexity index is 677. The zero-order valence-electron chi connectivity index (χ0n) is 14.7. The third kappa shape index (κ3) is 6.00. The summed E-state index contributed by atoms with van der Waals surface area (Å²) in [4.78, 5) is 12.6. The Morgan fingerprint density at radius 3 is 2.04 bits per heavy atom. The lowest BCUT2D eigenvalue weighted by molar-refractivity contribution is -0.137. The maximum atomic E-state index is 10.6. The van der Waals surface area contributed by atoms with Crippen LogP contribution in [0.1, 0.15) is 12.0 Å². The number of nitrogens with zero attached hydrogens (tertiary/aromatic N) is 1. The van der Waals surface area contributed by atoms with Crippen molar-refractivity contribution in [1.82, 2.24) is 4.90 Å². The van der Waals surface area contributed by atoms with Crippen LogP contribution in [0.3, 0.4) is 0 Å². The molecule has 134 valence electrons. The number of benzene rings is 2. The second-order valence-electron chi connectivity index (χ2n) is 5.68. The fourth-order valence-corrected chi connectivity index (χ4v) is 2.32. The van der Waals surface area contributed by atoms with Gasteiger partial charge in [-0.1, -0.05) is 12.1 Å². The van der Waals surface area contributed by atoms with Crippen molar-refractivity contribution in [2.75, 3.05) is 27.8 Å². The standard InChI is InChI=1S/C19H23NO5/c1-20(9-8-19(21)22)13-14-4-6-15(7-5-14)25-18-11-16(23-2)10-17(12-18)24-3/h4-7,10-12H,8-9,13H2,1-3H3,(H,21,22). The Morgan fingerprint density at radius 1 is 0.960 bits per heavy atom. The van der Waals surface area contributed by atoms with Crippen LogP contribution in [-0.2, 0) is 11.3 Å². The lowest BCUT2D eigenvalue weighted by Crippen LogP contribution is -2.21. The number of aliphatic carboxylic acids is 1. The van der Waals surface area contributed by atoms with Gasteiger partial charge in [-0.05, 0) is 24.7 Å². The Morgan fingerprint density at radius 2 is 1.52 bits per heavy atom. The lowest BCUT2D eigenvalue weighted by atomic mass is 10.2. The molecule has 0 aliphatic carbocycles. The summed E-state index contributed by atoms with van der Waals surface area (Å²) in [7, 11) is 5.08. The van der Waals surface area contributed by atoms with E-state index in [-0.39, 0.29) is 6.42 Å². The minimum Gasteiger partial charge on any atom is -0.496 e. The molecule has 2 aromatic carbocycles. The smallest absolute Gasteiger partial charge is 0.304 e. The zero-order valence-corrected chi connectivity index (χ0v) is 14.7. The van der Waals surface area contributed by atoms with Crippen molar-refractivity contribution in [2.24, 2.45) is 0 Å². The average Bonchev–Trinajstić information content (AvgIpc) is 2.61. The Hall–Kier alpha value is -2.73. The molecule has 0 aliphatic heterocycles. The number of hydrogen-bond acceptors (Lipinski definition) is 5. The van der Waals surface area contributed by atoms with E-state index in [4.69, 9.17) is 19.3 Å². The topological polar surface area (TPSA) is 68.2 Å². The SMILES string of the molecule is COc1cc(OC)cc(Oc2ccc(CN(C)CCC(=O)O)cc2)c1. The van der Waals surface area contributed by atoms with E-state index in [2.05, 4.69) is 0 Å². The van der Waals surface area contributed by atoms with Crippen LogP contribution in [0.5, 0.6) is 23.0 Å². The third-order valence-electron chi connectivity index (χ3n) is 3.64. The van der Waals surface area contributed by atoms with E-state index in [1.54, 1.807) is 32.4 Å². The van der Waals surface area contributed by atoms with Gasteiger partial charge in [-0.15, -0.1) is 0 Å². The number of hydrogen-bond donors (Lipinski definition) is 1. The van der Waals surface area contributed by atoms with Gasteiger partial charge in [0, 0.05) is 31.3 Å². The molecule has 2 rings (SSSR count). The molecule has 0 aromatic heterocycles. The summed E-state index contributed by atoms with van der Waals surface area (Å²) >= 11 is 0. The highest BCUT2D eigenvalue weighted by atomic mass is 16.5. The average molecular weight is 345 g/mol. The third-order valence-corrected chi connectivity index (χ3v) is 3.64. The molecule has 0 saturated heterocycles. The highest BCUT2D eigenvalue weighted by Gasteiger charge is 2.06. The molecule has 0 fully saturated rings. The predicted molar refractivity (Wildman–Crippen MR) is 94.6 cm³/mol. The highest BCUT2D eigenvalue weighted by Crippen LogP contribution is 2.30. The van der Waals surface area contributed by atoms with E-state index in [1.807, 2.05) is 36.2 Å². The van der Waals surface area contributed by atoms with E-state index < -0.39 is 5.97 Å². The molecular weight excluding hydrogens is 322 g/mol. The van der Waals surface area contributed by atoms with Crippen LogP contribution in [0, 0.1) is 0 Å².